The van der Waals surface area contributed by atoms with Crippen LogP contribution in [-0.4, -0.2) is 40.1 Å². The molecule has 0 spiro atoms. The predicted octanol–water partition coefficient (Wildman–Crippen LogP) is 2.17. The zero-order valence-corrected chi connectivity index (χ0v) is 12.2. The predicted molar refractivity (Wildman–Crippen MR) is 78.1 cm³/mol. The van der Waals surface area contributed by atoms with Crippen molar-refractivity contribution in [1.29, 1.82) is 0 Å². The van der Waals surface area contributed by atoms with Crippen molar-refractivity contribution in [3.63, 3.8) is 0 Å². The minimum absolute atomic E-state index is 0.293. The minimum atomic E-state index is -0.926. The van der Waals surface area contributed by atoms with Crippen LogP contribution in [0.4, 0.5) is 0 Å². The molecule has 1 fully saturated rings. The molecule has 1 aromatic rings. The Morgan fingerprint density at radius 3 is 2.48 bits per heavy atom. The number of benzene rings is 1. The molecule has 1 heterocycles. The Morgan fingerprint density at radius 2 is 1.95 bits per heavy atom. The van der Waals surface area contributed by atoms with E-state index in [9.17, 15) is 14.7 Å². The zero-order chi connectivity index (χ0) is 15.4. The number of hydrogen-bond donors (Lipinski definition) is 2. The molecule has 1 saturated heterocycles. The highest BCUT2D eigenvalue weighted by molar-refractivity contribution is 5.76. The molecule has 0 aromatic heterocycles. The van der Waals surface area contributed by atoms with Crippen molar-refractivity contribution in [3.05, 3.63) is 35.4 Å². The SMILES string of the molecule is CCc1ccc(C(C(=O)O)N2CCCC(C(=O)O)C2)cc1. The molecule has 2 unspecified atom stereocenters. The van der Waals surface area contributed by atoms with Crippen molar-refractivity contribution in [2.45, 2.75) is 32.2 Å². The molecule has 2 N–H and O–H groups in total. The van der Waals surface area contributed by atoms with Crippen molar-refractivity contribution in [3.8, 4) is 0 Å². The Morgan fingerprint density at radius 1 is 1.29 bits per heavy atom. The first kappa shape index (κ1) is 15.5. The van der Waals surface area contributed by atoms with Crippen molar-refractivity contribution >= 4 is 11.9 Å². The largest absolute Gasteiger partial charge is 0.481 e. The van der Waals surface area contributed by atoms with Gasteiger partial charge in [0.15, 0.2) is 0 Å². The Hall–Kier alpha value is -1.88. The summed E-state index contributed by atoms with van der Waals surface area (Å²) in [7, 11) is 0. The summed E-state index contributed by atoms with van der Waals surface area (Å²) in [5, 5.41) is 18.7. The zero-order valence-electron chi connectivity index (χ0n) is 12.2. The molecule has 21 heavy (non-hydrogen) atoms. The van der Waals surface area contributed by atoms with Gasteiger partial charge >= 0.3 is 11.9 Å². The first-order valence-corrected chi connectivity index (χ1v) is 7.31. The Kier molecular flexibility index (Phi) is 4.96. The van der Waals surface area contributed by atoms with E-state index in [0.29, 0.717) is 31.5 Å². The summed E-state index contributed by atoms with van der Waals surface area (Å²) < 4.78 is 0. The second kappa shape index (κ2) is 6.72. The van der Waals surface area contributed by atoms with E-state index in [1.807, 2.05) is 31.2 Å². The number of carboxylic acid groups (broad SMARTS) is 2. The van der Waals surface area contributed by atoms with Gasteiger partial charge in [0.05, 0.1) is 5.92 Å². The molecule has 1 aliphatic heterocycles. The molecule has 0 aliphatic carbocycles. The highest BCUT2D eigenvalue weighted by atomic mass is 16.4. The van der Waals surface area contributed by atoms with E-state index in [4.69, 9.17) is 5.11 Å². The van der Waals surface area contributed by atoms with Gasteiger partial charge in [0.25, 0.3) is 0 Å². The fourth-order valence-corrected chi connectivity index (χ4v) is 2.89. The van der Waals surface area contributed by atoms with Gasteiger partial charge in [-0.1, -0.05) is 31.2 Å². The van der Waals surface area contributed by atoms with Gasteiger partial charge in [-0.25, -0.2) is 0 Å². The van der Waals surface area contributed by atoms with Crippen LogP contribution in [0.2, 0.25) is 0 Å². The summed E-state index contributed by atoms with van der Waals surface area (Å²) in [6, 6.07) is 6.77. The maximum Gasteiger partial charge on any atom is 0.325 e. The Bertz CT molecular complexity index is 512. The topological polar surface area (TPSA) is 77.8 Å². The van der Waals surface area contributed by atoms with Gasteiger partial charge in [-0.05, 0) is 36.9 Å². The summed E-state index contributed by atoms with van der Waals surface area (Å²) in [6.45, 7) is 2.96. The molecule has 0 amide bonds. The number of carbonyl (C=O) groups is 2. The molecule has 114 valence electrons. The number of aliphatic carboxylic acids is 2. The van der Waals surface area contributed by atoms with E-state index in [2.05, 4.69) is 0 Å². The van der Waals surface area contributed by atoms with E-state index >= 15 is 0 Å². The molecule has 2 rings (SSSR count). The highest BCUT2D eigenvalue weighted by Gasteiger charge is 2.33. The van der Waals surface area contributed by atoms with Gasteiger partial charge in [0.1, 0.15) is 6.04 Å². The smallest absolute Gasteiger partial charge is 0.325 e. The second-order valence-electron chi connectivity index (χ2n) is 5.51. The minimum Gasteiger partial charge on any atom is -0.481 e. The normalized spacial score (nSPS) is 20.9. The summed E-state index contributed by atoms with van der Waals surface area (Å²) in [4.78, 5) is 24.5. The van der Waals surface area contributed by atoms with Crippen LogP contribution in [0.25, 0.3) is 0 Å². The molecule has 2 atom stereocenters. The first-order valence-electron chi connectivity index (χ1n) is 7.31. The van der Waals surface area contributed by atoms with E-state index in [1.165, 1.54) is 0 Å². The third-order valence-corrected chi connectivity index (χ3v) is 4.10. The standard InChI is InChI=1S/C16H21NO4/c1-2-11-5-7-12(8-6-11)14(16(20)21)17-9-3-4-13(10-17)15(18)19/h5-8,13-14H,2-4,9-10H2,1H3,(H,18,19)(H,20,21). The Labute approximate surface area is 124 Å². The maximum atomic E-state index is 11.6. The third-order valence-electron chi connectivity index (χ3n) is 4.10. The van der Waals surface area contributed by atoms with E-state index in [0.717, 1.165) is 12.0 Å². The van der Waals surface area contributed by atoms with Crippen molar-refractivity contribution in [2.75, 3.05) is 13.1 Å². The lowest BCUT2D eigenvalue weighted by molar-refractivity contribution is -0.149. The molecule has 5 nitrogen and oxygen atoms in total. The number of aryl methyl sites for hydroxylation is 1. The summed E-state index contributed by atoms with van der Waals surface area (Å²) >= 11 is 0. The fourth-order valence-electron chi connectivity index (χ4n) is 2.89. The first-order chi connectivity index (χ1) is 10.0. The van der Waals surface area contributed by atoms with Crippen LogP contribution in [0.15, 0.2) is 24.3 Å². The summed E-state index contributed by atoms with van der Waals surface area (Å²) in [5.74, 6) is -2.24. The lowest BCUT2D eigenvalue weighted by atomic mass is 9.94. The van der Waals surface area contributed by atoms with E-state index in [-0.39, 0.29) is 0 Å². The third kappa shape index (κ3) is 3.61. The highest BCUT2D eigenvalue weighted by Crippen LogP contribution is 2.27. The van der Waals surface area contributed by atoms with Gasteiger partial charge in [0, 0.05) is 6.54 Å². The van der Waals surface area contributed by atoms with Crippen molar-refractivity contribution < 1.29 is 19.8 Å². The molecule has 1 aromatic carbocycles. The quantitative estimate of drug-likeness (QED) is 0.869. The lowest BCUT2D eigenvalue weighted by Crippen LogP contribution is -2.43. The lowest BCUT2D eigenvalue weighted by Gasteiger charge is -2.35. The van der Waals surface area contributed by atoms with E-state index in [1.54, 1.807) is 4.90 Å². The van der Waals surface area contributed by atoms with Crippen LogP contribution in [-0.2, 0) is 16.0 Å². The molecule has 0 radical (unpaired) electrons. The number of hydrogen-bond acceptors (Lipinski definition) is 3. The monoisotopic (exact) mass is 291 g/mol. The fraction of sp³-hybridized carbons (Fsp3) is 0.500. The second-order valence-corrected chi connectivity index (χ2v) is 5.51. The average Bonchev–Trinajstić information content (AvgIpc) is 2.48. The van der Waals surface area contributed by atoms with Crippen LogP contribution in [0.5, 0.6) is 0 Å². The van der Waals surface area contributed by atoms with Crippen LogP contribution < -0.4 is 0 Å². The van der Waals surface area contributed by atoms with Crippen LogP contribution in [0.1, 0.15) is 36.9 Å². The van der Waals surface area contributed by atoms with Crippen LogP contribution in [0, 0.1) is 5.92 Å². The molecule has 0 bridgehead atoms. The van der Waals surface area contributed by atoms with Crippen molar-refractivity contribution in [2.24, 2.45) is 5.92 Å². The number of likely N-dealkylation sites (tertiary alicyclic amines) is 1. The molecule has 0 saturated carbocycles. The average molecular weight is 291 g/mol. The number of rotatable bonds is 5. The van der Waals surface area contributed by atoms with Gasteiger partial charge in [-0.15, -0.1) is 0 Å². The molecular weight excluding hydrogens is 270 g/mol. The molecule has 1 aliphatic rings. The number of carboxylic acids is 2. The summed E-state index contributed by atoms with van der Waals surface area (Å²) in [6.07, 6.45) is 2.24. The van der Waals surface area contributed by atoms with Gasteiger partial charge in [-0.3, -0.25) is 14.5 Å². The maximum absolute atomic E-state index is 11.6. The molecule has 5 heteroatoms. The number of piperidine rings is 1. The molecular formula is C16H21NO4. The van der Waals surface area contributed by atoms with Gasteiger partial charge in [0.2, 0.25) is 0 Å². The van der Waals surface area contributed by atoms with Crippen LogP contribution in [0.3, 0.4) is 0 Å². The van der Waals surface area contributed by atoms with E-state index < -0.39 is 23.9 Å². The van der Waals surface area contributed by atoms with Crippen LogP contribution >= 0.6 is 0 Å². The number of nitrogens with zero attached hydrogens (tertiary/aromatic N) is 1. The van der Waals surface area contributed by atoms with Gasteiger partial charge in [-0.2, -0.15) is 0 Å². The summed E-state index contributed by atoms with van der Waals surface area (Å²) in [5.41, 5.74) is 1.87. The Balaban J connectivity index is 2.21. The van der Waals surface area contributed by atoms with Crippen molar-refractivity contribution in [1.82, 2.24) is 4.90 Å². The van der Waals surface area contributed by atoms with Gasteiger partial charge < -0.3 is 10.2 Å².